The summed E-state index contributed by atoms with van der Waals surface area (Å²) >= 11 is 1.10. The maximum atomic E-state index is 14.1. The van der Waals surface area contributed by atoms with Gasteiger partial charge in [0, 0.05) is 5.56 Å². The number of thiazole rings is 1. The topological polar surface area (TPSA) is 68.3 Å². The number of rotatable bonds is 4. The average Bonchev–Trinajstić information content (AvgIpc) is 2.75. The van der Waals surface area contributed by atoms with Crippen molar-refractivity contribution >= 4 is 21.4 Å². The molecule has 2 aromatic rings. The molecule has 2 heterocycles. The molecule has 118 valence electrons. The van der Waals surface area contributed by atoms with Crippen molar-refractivity contribution in [1.29, 1.82) is 0 Å². The molecule has 0 unspecified atom stereocenters. The summed E-state index contributed by atoms with van der Waals surface area (Å²) in [5.41, 5.74) is -0.322. The SMILES string of the molecule is Cc1nc(C)c(S(=O)(=O)NC2(c3ccccc3F)COC2)s1. The molecule has 0 saturated carbocycles. The first-order valence-electron chi connectivity index (χ1n) is 6.65. The molecule has 1 aliphatic rings. The van der Waals surface area contributed by atoms with Gasteiger partial charge in [0.05, 0.1) is 23.9 Å². The third-order valence-electron chi connectivity index (χ3n) is 3.52. The zero-order valence-corrected chi connectivity index (χ0v) is 13.7. The molecule has 1 aliphatic heterocycles. The lowest BCUT2D eigenvalue weighted by Crippen LogP contribution is -2.59. The molecule has 1 N–H and O–H groups in total. The summed E-state index contributed by atoms with van der Waals surface area (Å²) in [6, 6.07) is 6.13. The summed E-state index contributed by atoms with van der Waals surface area (Å²) in [4.78, 5) is 4.14. The summed E-state index contributed by atoms with van der Waals surface area (Å²) < 4.78 is 47.3. The number of aromatic nitrogens is 1. The van der Waals surface area contributed by atoms with Crippen LogP contribution in [-0.2, 0) is 20.3 Å². The molecule has 0 radical (unpaired) electrons. The molecule has 3 rings (SSSR count). The van der Waals surface area contributed by atoms with Crippen LogP contribution in [0.25, 0.3) is 0 Å². The van der Waals surface area contributed by atoms with E-state index in [1.54, 1.807) is 32.0 Å². The van der Waals surface area contributed by atoms with Gasteiger partial charge in [-0.05, 0) is 19.9 Å². The van der Waals surface area contributed by atoms with E-state index in [4.69, 9.17) is 4.74 Å². The van der Waals surface area contributed by atoms with Gasteiger partial charge in [-0.2, -0.15) is 4.72 Å². The van der Waals surface area contributed by atoms with Gasteiger partial charge >= 0.3 is 0 Å². The number of nitrogens with zero attached hydrogens (tertiary/aromatic N) is 1. The summed E-state index contributed by atoms with van der Waals surface area (Å²) in [6.07, 6.45) is 0. The molecule has 0 amide bonds. The van der Waals surface area contributed by atoms with Crippen LogP contribution in [0.5, 0.6) is 0 Å². The van der Waals surface area contributed by atoms with E-state index < -0.39 is 21.4 Å². The van der Waals surface area contributed by atoms with E-state index in [0.717, 1.165) is 11.3 Å². The molecule has 0 atom stereocenters. The second kappa shape index (κ2) is 5.38. The fourth-order valence-corrected chi connectivity index (χ4v) is 5.33. The Morgan fingerprint density at radius 3 is 2.50 bits per heavy atom. The van der Waals surface area contributed by atoms with Gasteiger partial charge < -0.3 is 4.74 Å². The van der Waals surface area contributed by atoms with Gasteiger partial charge in [0.1, 0.15) is 11.4 Å². The molecule has 1 aromatic heterocycles. The minimum atomic E-state index is -3.79. The normalized spacial score (nSPS) is 17.2. The van der Waals surface area contributed by atoms with Crippen LogP contribution in [-0.4, -0.2) is 26.6 Å². The Balaban J connectivity index is 2.00. The van der Waals surface area contributed by atoms with Crippen LogP contribution in [0.4, 0.5) is 4.39 Å². The molecule has 1 saturated heterocycles. The van der Waals surface area contributed by atoms with Crippen molar-refractivity contribution in [1.82, 2.24) is 9.71 Å². The lowest BCUT2D eigenvalue weighted by atomic mass is 9.89. The molecule has 5 nitrogen and oxygen atoms in total. The molecular weight excluding hydrogens is 327 g/mol. The van der Waals surface area contributed by atoms with Crippen LogP contribution < -0.4 is 4.72 Å². The smallest absolute Gasteiger partial charge is 0.252 e. The zero-order valence-electron chi connectivity index (χ0n) is 12.1. The predicted molar refractivity (Wildman–Crippen MR) is 80.8 cm³/mol. The Morgan fingerprint density at radius 2 is 2.00 bits per heavy atom. The number of benzene rings is 1. The third kappa shape index (κ3) is 2.56. The van der Waals surface area contributed by atoms with Crippen LogP contribution in [0.2, 0.25) is 0 Å². The fraction of sp³-hybridized carbons (Fsp3) is 0.357. The number of aryl methyl sites for hydroxylation is 2. The van der Waals surface area contributed by atoms with Gasteiger partial charge in [-0.25, -0.2) is 17.8 Å². The Labute approximate surface area is 132 Å². The van der Waals surface area contributed by atoms with Gasteiger partial charge in [0.15, 0.2) is 4.21 Å². The Bertz CT molecular complexity index is 813. The molecule has 0 spiro atoms. The third-order valence-corrected chi connectivity index (χ3v) is 6.74. The van der Waals surface area contributed by atoms with Crippen LogP contribution >= 0.6 is 11.3 Å². The van der Waals surface area contributed by atoms with Crippen molar-refractivity contribution in [3.05, 3.63) is 46.3 Å². The first-order chi connectivity index (χ1) is 10.3. The van der Waals surface area contributed by atoms with E-state index in [0.29, 0.717) is 16.3 Å². The monoisotopic (exact) mass is 342 g/mol. The van der Waals surface area contributed by atoms with Gasteiger partial charge in [-0.3, -0.25) is 0 Å². The van der Waals surface area contributed by atoms with Crippen molar-refractivity contribution in [2.24, 2.45) is 0 Å². The van der Waals surface area contributed by atoms with Gasteiger partial charge in [0.2, 0.25) is 0 Å². The van der Waals surface area contributed by atoms with Crippen molar-refractivity contribution in [3.63, 3.8) is 0 Å². The van der Waals surface area contributed by atoms with E-state index >= 15 is 0 Å². The molecule has 8 heteroatoms. The Kier molecular flexibility index (Phi) is 3.80. The molecule has 0 aliphatic carbocycles. The van der Waals surface area contributed by atoms with Crippen molar-refractivity contribution in [3.8, 4) is 0 Å². The highest BCUT2D eigenvalue weighted by atomic mass is 32.2. The molecule has 22 heavy (non-hydrogen) atoms. The highest BCUT2D eigenvalue weighted by molar-refractivity contribution is 7.91. The average molecular weight is 342 g/mol. The second-order valence-corrected chi connectivity index (χ2v) is 8.35. The standard InChI is InChI=1S/C14H15FN2O3S2/c1-9-13(21-10(2)16-9)22(18,19)17-14(7-20-8-14)11-5-3-4-6-12(11)15/h3-6,17H,7-8H2,1-2H3. The van der Waals surface area contributed by atoms with E-state index in [1.165, 1.54) is 6.07 Å². The van der Waals surface area contributed by atoms with Crippen LogP contribution in [0.15, 0.2) is 28.5 Å². The van der Waals surface area contributed by atoms with E-state index in [9.17, 15) is 12.8 Å². The van der Waals surface area contributed by atoms with E-state index in [1.807, 2.05) is 0 Å². The number of halogens is 1. The highest BCUT2D eigenvalue weighted by Crippen LogP contribution is 2.34. The number of ether oxygens (including phenoxy) is 1. The summed E-state index contributed by atoms with van der Waals surface area (Å²) in [6.45, 7) is 3.59. The molecule has 1 aromatic carbocycles. The summed E-state index contributed by atoms with van der Waals surface area (Å²) in [5, 5.41) is 0.669. The zero-order chi connectivity index (χ0) is 16.0. The lowest BCUT2D eigenvalue weighted by molar-refractivity contribution is -0.0680. The van der Waals surface area contributed by atoms with Crippen molar-refractivity contribution < 1.29 is 17.5 Å². The predicted octanol–water partition coefficient (Wildman–Crippen LogP) is 2.10. The first kappa shape index (κ1) is 15.5. The van der Waals surface area contributed by atoms with Crippen molar-refractivity contribution in [2.45, 2.75) is 23.6 Å². The number of sulfonamides is 1. The Hall–Kier alpha value is -1.35. The Morgan fingerprint density at radius 1 is 1.32 bits per heavy atom. The minimum Gasteiger partial charge on any atom is -0.377 e. The maximum Gasteiger partial charge on any atom is 0.252 e. The van der Waals surface area contributed by atoms with Gasteiger partial charge in [-0.15, -0.1) is 11.3 Å². The number of hydrogen-bond donors (Lipinski definition) is 1. The molecule has 1 fully saturated rings. The second-order valence-electron chi connectivity index (χ2n) is 5.27. The lowest BCUT2D eigenvalue weighted by Gasteiger charge is -2.42. The molecular formula is C14H15FN2O3S2. The minimum absolute atomic E-state index is 0.101. The summed E-state index contributed by atoms with van der Waals surface area (Å²) in [5.74, 6) is -0.453. The van der Waals surface area contributed by atoms with Crippen molar-refractivity contribution in [2.75, 3.05) is 13.2 Å². The quantitative estimate of drug-likeness (QED) is 0.924. The van der Waals surface area contributed by atoms with E-state index in [-0.39, 0.29) is 17.4 Å². The van der Waals surface area contributed by atoms with Gasteiger partial charge in [-0.1, -0.05) is 18.2 Å². The van der Waals surface area contributed by atoms with Crippen LogP contribution in [0.1, 0.15) is 16.3 Å². The fourth-order valence-electron chi connectivity index (χ4n) is 2.49. The largest absolute Gasteiger partial charge is 0.377 e. The van der Waals surface area contributed by atoms with Gasteiger partial charge in [0.25, 0.3) is 10.0 Å². The van der Waals surface area contributed by atoms with E-state index in [2.05, 4.69) is 9.71 Å². The highest BCUT2D eigenvalue weighted by Gasteiger charge is 2.46. The number of nitrogens with one attached hydrogen (secondary N) is 1. The first-order valence-corrected chi connectivity index (χ1v) is 8.95. The van der Waals surface area contributed by atoms with Crippen LogP contribution in [0.3, 0.4) is 0 Å². The number of hydrogen-bond acceptors (Lipinski definition) is 5. The molecule has 0 bridgehead atoms. The maximum absolute atomic E-state index is 14.1. The van der Waals surface area contributed by atoms with Crippen LogP contribution in [0, 0.1) is 19.7 Å². The summed E-state index contributed by atoms with van der Waals surface area (Å²) in [7, 11) is -3.79.